The molecule has 0 bridgehead atoms. The van der Waals surface area contributed by atoms with Gasteiger partial charge in [0.1, 0.15) is 0 Å². The molecule has 0 heterocycles. The lowest BCUT2D eigenvalue weighted by Gasteiger charge is -2.01. The van der Waals surface area contributed by atoms with Crippen LogP contribution in [0.5, 0.6) is 0 Å². The fourth-order valence-corrected chi connectivity index (χ4v) is 2.36. The average Bonchev–Trinajstić information content (AvgIpc) is 2.43. The Morgan fingerprint density at radius 1 is 0.579 bits per heavy atom. The van der Waals surface area contributed by atoms with Crippen molar-refractivity contribution >= 4 is 0 Å². The van der Waals surface area contributed by atoms with Crippen molar-refractivity contribution in [2.45, 2.75) is 96.8 Å². The maximum Gasteiger partial charge on any atom is 0.0825 e. The summed E-state index contributed by atoms with van der Waals surface area (Å²) in [6.45, 7) is 2.35. The predicted molar refractivity (Wildman–Crippen MR) is 85.0 cm³/mol. The van der Waals surface area contributed by atoms with Crippen molar-refractivity contribution in [3.63, 3.8) is 0 Å². The van der Waals surface area contributed by atoms with Crippen molar-refractivity contribution in [1.29, 1.82) is 0 Å². The highest BCUT2D eigenvalue weighted by molar-refractivity contribution is 4.81. The Bertz CT molecular complexity index is 175. The lowest BCUT2D eigenvalue weighted by atomic mass is 10.1. The van der Waals surface area contributed by atoms with Gasteiger partial charge in [0.05, 0.1) is 6.61 Å². The maximum absolute atomic E-state index is 10.2. The van der Waals surface area contributed by atoms with Crippen LogP contribution < -0.4 is 0 Å². The van der Waals surface area contributed by atoms with Crippen LogP contribution in [-0.4, -0.2) is 6.61 Å². The van der Waals surface area contributed by atoms with Crippen LogP contribution in [0.2, 0.25) is 0 Å². The molecule has 0 saturated carbocycles. The summed E-state index contributed by atoms with van der Waals surface area (Å²) >= 11 is 0. The fraction of sp³-hybridized carbons (Fsp3) is 0.889. The SMILES string of the molecule is CCCCCCCCCCCCCC=CCCC[O]. The first kappa shape index (κ1) is 18.7. The summed E-state index contributed by atoms with van der Waals surface area (Å²) in [6.07, 6.45) is 22.9. The standard InChI is InChI=1S/C18H35O/c1-2-3-4-5-6-7-8-9-10-11-12-13-14-15-16-17-18-19/h14-15H,2-13,16-18H2,1H3. The van der Waals surface area contributed by atoms with E-state index in [4.69, 9.17) is 0 Å². The fourth-order valence-electron chi connectivity index (χ4n) is 2.36. The van der Waals surface area contributed by atoms with Crippen molar-refractivity contribution in [3.8, 4) is 0 Å². The smallest absolute Gasteiger partial charge is 0.0825 e. The molecule has 0 N–H and O–H groups in total. The first-order chi connectivity index (χ1) is 9.41. The number of unbranched alkanes of at least 4 members (excludes halogenated alkanes) is 12. The summed E-state index contributed by atoms with van der Waals surface area (Å²) in [5.74, 6) is 0. The van der Waals surface area contributed by atoms with Crippen LogP contribution in [0.25, 0.3) is 0 Å². The van der Waals surface area contributed by atoms with Gasteiger partial charge in [0.25, 0.3) is 0 Å². The molecule has 0 rings (SSSR count). The second kappa shape index (κ2) is 17.7. The first-order valence-corrected chi connectivity index (χ1v) is 8.65. The Kier molecular flexibility index (Phi) is 17.4. The van der Waals surface area contributed by atoms with Gasteiger partial charge in [-0.1, -0.05) is 83.3 Å². The summed E-state index contributed by atoms with van der Waals surface area (Å²) in [7, 11) is 0. The third-order valence-electron chi connectivity index (χ3n) is 3.66. The van der Waals surface area contributed by atoms with Gasteiger partial charge in [-0.3, -0.25) is 0 Å². The van der Waals surface area contributed by atoms with E-state index in [1.807, 2.05) is 0 Å². The summed E-state index contributed by atoms with van der Waals surface area (Å²) < 4.78 is 0. The van der Waals surface area contributed by atoms with Crippen LogP contribution in [0, 0.1) is 0 Å². The molecule has 0 aromatic carbocycles. The van der Waals surface area contributed by atoms with Gasteiger partial charge in [-0.05, 0) is 25.7 Å². The molecule has 0 fully saturated rings. The van der Waals surface area contributed by atoms with E-state index < -0.39 is 0 Å². The van der Waals surface area contributed by atoms with Crippen molar-refractivity contribution in [2.75, 3.05) is 6.61 Å². The first-order valence-electron chi connectivity index (χ1n) is 8.65. The largest absolute Gasteiger partial charge is 0.237 e. The molecule has 1 heteroatoms. The zero-order valence-corrected chi connectivity index (χ0v) is 13.2. The monoisotopic (exact) mass is 267 g/mol. The van der Waals surface area contributed by atoms with E-state index in [0.717, 1.165) is 12.8 Å². The predicted octanol–water partition coefficient (Wildman–Crippen LogP) is 6.45. The summed E-state index contributed by atoms with van der Waals surface area (Å²) in [6, 6.07) is 0. The number of rotatable bonds is 15. The number of hydrogen-bond donors (Lipinski definition) is 0. The minimum Gasteiger partial charge on any atom is -0.237 e. The lowest BCUT2D eigenvalue weighted by molar-refractivity contribution is 0.190. The molecule has 0 aliphatic carbocycles. The van der Waals surface area contributed by atoms with Crippen molar-refractivity contribution in [1.82, 2.24) is 0 Å². The van der Waals surface area contributed by atoms with E-state index in [1.54, 1.807) is 0 Å². The molecule has 19 heavy (non-hydrogen) atoms. The van der Waals surface area contributed by atoms with Crippen molar-refractivity contribution < 1.29 is 5.11 Å². The summed E-state index contributed by atoms with van der Waals surface area (Å²) in [5, 5.41) is 10.2. The highest BCUT2D eigenvalue weighted by Crippen LogP contribution is 2.12. The molecule has 0 saturated heterocycles. The third kappa shape index (κ3) is 17.7. The van der Waals surface area contributed by atoms with Gasteiger partial charge in [0.2, 0.25) is 0 Å². The lowest BCUT2D eigenvalue weighted by Crippen LogP contribution is -1.82. The zero-order valence-electron chi connectivity index (χ0n) is 13.2. The molecule has 0 aromatic heterocycles. The highest BCUT2D eigenvalue weighted by Gasteiger charge is 1.92. The molecule has 1 nitrogen and oxygen atoms in total. The molecule has 0 unspecified atom stereocenters. The minimum absolute atomic E-state index is 0.0722. The van der Waals surface area contributed by atoms with Crippen LogP contribution in [0.4, 0.5) is 0 Å². The molecule has 1 radical (unpaired) electrons. The molecule has 0 atom stereocenters. The zero-order chi connectivity index (χ0) is 14.0. The highest BCUT2D eigenvalue weighted by atomic mass is 16.2. The molecule has 0 aliphatic rings. The number of hydrogen-bond acceptors (Lipinski definition) is 0. The molecule has 0 aliphatic heterocycles. The van der Waals surface area contributed by atoms with E-state index in [9.17, 15) is 5.11 Å². The van der Waals surface area contributed by atoms with Gasteiger partial charge in [-0.2, -0.15) is 0 Å². The van der Waals surface area contributed by atoms with Crippen LogP contribution in [0.1, 0.15) is 96.8 Å². The van der Waals surface area contributed by atoms with Crippen LogP contribution in [0.15, 0.2) is 12.2 Å². The molecular formula is C18H35O. The normalized spacial score (nSPS) is 11.5. The third-order valence-corrected chi connectivity index (χ3v) is 3.66. The van der Waals surface area contributed by atoms with Crippen molar-refractivity contribution in [3.05, 3.63) is 12.2 Å². The quantitative estimate of drug-likeness (QED) is 0.240. The second-order valence-corrected chi connectivity index (χ2v) is 5.64. The summed E-state index contributed by atoms with van der Waals surface area (Å²) in [4.78, 5) is 0. The van der Waals surface area contributed by atoms with E-state index in [0.29, 0.717) is 0 Å². The molecule has 113 valence electrons. The van der Waals surface area contributed by atoms with Gasteiger partial charge >= 0.3 is 0 Å². The van der Waals surface area contributed by atoms with Gasteiger partial charge in [-0.15, -0.1) is 0 Å². The van der Waals surface area contributed by atoms with Crippen LogP contribution in [0.3, 0.4) is 0 Å². The Labute approximate surface area is 121 Å². The van der Waals surface area contributed by atoms with Crippen molar-refractivity contribution in [2.24, 2.45) is 0 Å². The van der Waals surface area contributed by atoms with E-state index in [-0.39, 0.29) is 6.61 Å². The topological polar surface area (TPSA) is 19.9 Å². The molecular weight excluding hydrogens is 232 g/mol. The van der Waals surface area contributed by atoms with Gasteiger partial charge < -0.3 is 0 Å². The molecule has 0 amide bonds. The molecule has 0 spiro atoms. The maximum atomic E-state index is 10.2. The van der Waals surface area contributed by atoms with Gasteiger partial charge in [0, 0.05) is 0 Å². The Balaban J connectivity index is 2.97. The second-order valence-electron chi connectivity index (χ2n) is 5.64. The molecule has 0 aromatic rings. The summed E-state index contributed by atoms with van der Waals surface area (Å²) in [5.41, 5.74) is 0. The Hall–Kier alpha value is -0.300. The Morgan fingerprint density at radius 3 is 1.47 bits per heavy atom. The Morgan fingerprint density at radius 2 is 1.00 bits per heavy atom. The number of allylic oxidation sites excluding steroid dienone is 2. The van der Waals surface area contributed by atoms with Crippen LogP contribution in [-0.2, 0) is 5.11 Å². The van der Waals surface area contributed by atoms with Gasteiger partial charge in [0.15, 0.2) is 0 Å². The van der Waals surface area contributed by atoms with E-state index >= 15 is 0 Å². The van der Waals surface area contributed by atoms with E-state index in [2.05, 4.69) is 19.1 Å². The average molecular weight is 267 g/mol. The van der Waals surface area contributed by atoms with Crippen LogP contribution >= 0.6 is 0 Å². The van der Waals surface area contributed by atoms with E-state index in [1.165, 1.54) is 77.0 Å². The van der Waals surface area contributed by atoms with Gasteiger partial charge in [-0.25, -0.2) is 5.11 Å². The minimum atomic E-state index is 0.0722.